The predicted molar refractivity (Wildman–Crippen MR) is 49.6 cm³/mol. The fourth-order valence-corrected chi connectivity index (χ4v) is 1.88. The molecule has 0 aromatic carbocycles. The van der Waals surface area contributed by atoms with Crippen molar-refractivity contribution in [1.29, 1.82) is 0 Å². The van der Waals surface area contributed by atoms with Gasteiger partial charge in [0.2, 0.25) is 5.28 Å². The van der Waals surface area contributed by atoms with E-state index in [4.69, 9.17) is 11.6 Å². The zero-order valence-corrected chi connectivity index (χ0v) is 8.17. The lowest BCUT2D eigenvalue weighted by Gasteiger charge is -2.11. The Kier molecular flexibility index (Phi) is 1.87. The molecule has 3 heteroatoms. The normalized spacial score (nSPS) is 17.3. The van der Waals surface area contributed by atoms with E-state index in [0.717, 1.165) is 5.92 Å². The van der Waals surface area contributed by atoms with Crippen LogP contribution in [0.15, 0.2) is 6.20 Å². The quantitative estimate of drug-likeness (QED) is 0.691. The van der Waals surface area contributed by atoms with Gasteiger partial charge in [0.25, 0.3) is 0 Å². The van der Waals surface area contributed by atoms with E-state index in [9.17, 15) is 0 Å². The molecule has 1 aliphatic rings. The monoisotopic (exact) mass is 184 g/mol. The number of aromatic nitrogens is 2. The second kappa shape index (κ2) is 2.77. The van der Waals surface area contributed by atoms with Crippen molar-refractivity contribution in [2.75, 3.05) is 0 Å². The largest absolute Gasteiger partial charge is 0.316 e. The Morgan fingerprint density at radius 2 is 2.25 bits per heavy atom. The van der Waals surface area contributed by atoms with Crippen LogP contribution in [-0.4, -0.2) is 9.55 Å². The lowest BCUT2D eigenvalue weighted by molar-refractivity contribution is 0.575. The molecular weight excluding hydrogens is 172 g/mol. The molecule has 1 heterocycles. The fraction of sp³-hybridized carbons (Fsp3) is 0.667. The summed E-state index contributed by atoms with van der Waals surface area (Å²) in [5, 5.41) is 0.631. The van der Waals surface area contributed by atoms with Crippen LogP contribution in [0.2, 0.25) is 5.28 Å². The molecular formula is C9H13ClN2. The average molecular weight is 185 g/mol. The number of hydrogen-bond donors (Lipinski definition) is 0. The van der Waals surface area contributed by atoms with Gasteiger partial charge in [0, 0.05) is 17.7 Å². The lowest BCUT2D eigenvalue weighted by atomic mass is 10.3. The summed E-state index contributed by atoms with van der Waals surface area (Å²) < 4.78 is 2.12. The highest BCUT2D eigenvalue weighted by Gasteiger charge is 2.28. The first-order valence-corrected chi connectivity index (χ1v) is 4.80. The van der Waals surface area contributed by atoms with Gasteiger partial charge in [0.1, 0.15) is 0 Å². The molecule has 0 saturated heterocycles. The maximum absolute atomic E-state index is 5.96. The molecule has 1 fully saturated rings. The smallest absolute Gasteiger partial charge is 0.203 e. The minimum absolute atomic E-state index is 0.426. The molecule has 0 spiro atoms. The van der Waals surface area contributed by atoms with Crippen LogP contribution in [0.5, 0.6) is 0 Å². The molecule has 12 heavy (non-hydrogen) atoms. The minimum atomic E-state index is 0.426. The summed E-state index contributed by atoms with van der Waals surface area (Å²) >= 11 is 5.96. The highest BCUT2D eigenvalue weighted by molar-refractivity contribution is 6.28. The summed E-state index contributed by atoms with van der Waals surface area (Å²) in [5.41, 5.74) is 1.31. The molecule has 2 rings (SSSR count). The molecule has 1 aromatic rings. The number of imidazole rings is 1. The summed E-state index contributed by atoms with van der Waals surface area (Å²) in [7, 11) is 0. The van der Waals surface area contributed by atoms with Crippen molar-refractivity contribution in [1.82, 2.24) is 9.55 Å². The molecule has 0 bridgehead atoms. The Balaban J connectivity index is 2.39. The van der Waals surface area contributed by atoms with Crippen LogP contribution in [0.4, 0.5) is 0 Å². The lowest BCUT2D eigenvalue weighted by Crippen LogP contribution is -2.04. The zero-order valence-electron chi connectivity index (χ0n) is 7.42. The van der Waals surface area contributed by atoms with Crippen LogP contribution in [0.25, 0.3) is 0 Å². The van der Waals surface area contributed by atoms with Crippen LogP contribution in [-0.2, 0) is 0 Å². The molecule has 1 aliphatic carbocycles. The first kappa shape index (κ1) is 8.11. The van der Waals surface area contributed by atoms with Gasteiger partial charge >= 0.3 is 0 Å². The van der Waals surface area contributed by atoms with Gasteiger partial charge in [-0.2, -0.15) is 0 Å². The first-order chi connectivity index (χ1) is 5.70. The van der Waals surface area contributed by atoms with E-state index in [-0.39, 0.29) is 0 Å². The third kappa shape index (κ3) is 1.24. The van der Waals surface area contributed by atoms with Crippen molar-refractivity contribution in [3.05, 3.63) is 17.2 Å². The van der Waals surface area contributed by atoms with Crippen LogP contribution in [0, 0.1) is 0 Å². The van der Waals surface area contributed by atoms with E-state index in [0.29, 0.717) is 11.3 Å². The SMILES string of the molecule is CC(C)n1c(C2CC2)cnc1Cl. The van der Waals surface area contributed by atoms with Crippen LogP contribution in [0.3, 0.4) is 0 Å². The summed E-state index contributed by atoms with van der Waals surface area (Å²) in [6.45, 7) is 4.28. The topological polar surface area (TPSA) is 17.8 Å². The maximum atomic E-state index is 5.96. The molecule has 0 unspecified atom stereocenters. The second-order valence-electron chi connectivity index (χ2n) is 3.69. The Bertz CT molecular complexity index is 287. The standard InChI is InChI=1S/C9H13ClN2/c1-6(2)12-8(7-3-4-7)5-11-9(12)10/h5-7H,3-4H2,1-2H3. The Labute approximate surface area is 77.6 Å². The summed E-state index contributed by atoms with van der Waals surface area (Å²) in [5.74, 6) is 0.729. The number of halogens is 1. The Hall–Kier alpha value is -0.500. The first-order valence-electron chi connectivity index (χ1n) is 4.42. The van der Waals surface area contributed by atoms with Crippen LogP contribution in [0.1, 0.15) is 44.3 Å². The van der Waals surface area contributed by atoms with Gasteiger partial charge in [-0.15, -0.1) is 0 Å². The summed E-state index contributed by atoms with van der Waals surface area (Å²) in [4.78, 5) is 4.13. The Morgan fingerprint density at radius 3 is 2.75 bits per heavy atom. The molecule has 0 radical (unpaired) electrons. The molecule has 0 atom stereocenters. The minimum Gasteiger partial charge on any atom is -0.316 e. The third-order valence-corrected chi connectivity index (χ3v) is 2.57. The maximum Gasteiger partial charge on any atom is 0.203 e. The highest BCUT2D eigenvalue weighted by atomic mass is 35.5. The second-order valence-corrected chi connectivity index (χ2v) is 4.03. The Morgan fingerprint density at radius 1 is 1.58 bits per heavy atom. The summed E-state index contributed by atoms with van der Waals surface area (Å²) in [6.07, 6.45) is 4.52. The molecule has 0 aliphatic heterocycles. The third-order valence-electron chi connectivity index (χ3n) is 2.29. The van der Waals surface area contributed by atoms with Crippen molar-refractivity contribution >= 4 is 11.6 Å². The molecule has 1 aromatic heterocycles. The van der Waals surface area contributed by atoms with E-state index in [1.54, 1.807) is 0 Å². The van der Waals surface area contributed by atoms with Gasteiger partial charge in [-0.05, 0) is 38.3 Å². The predicted octanol–water partition coefficient (Wildman–Crippen LogP) is 2.99. The van der Waals surface area contributed by atoms with E-state index >= 15 is 0 Å². The van der Waals surface area contributed by atoms with E-state index in [2.05, 4.69) is 23.4 Å². The number of hydrogen-bond acceptors (Lipinski definition) is 1. The van der Waals surface area contributed by atoms with Crippen molar-refractivity contribution in [3.63, 3.8) is 0 Å². The van der Waals surface area contributed by atoms with Gasteiger partial charge < -0.3 is 4.57 Å². The van der Waals surface area contributed by atoms with Gasteiger partial charge in [0.05, 0.1) is 6.20 Å². The zero-order chi connectivity index (χ0) is 8.72. The molecule has 0 N–H and O–H groups in total. The van der Waals surface area contributed by atoms with E-state index < -0.39 is 0 Å². The highest BCUT2D eigenvalue weighted by Crippen LogP contribution is 2.41. The van der Waals surface area contributed by atoms with Crippen LogP contribution < -0.4 is 0 Å². The van der Waals surface area contributed by atoms with E-state index in [1.165, 1.54) is 18.5 Å². The van der Waals surface area contributed by atoms with E-state index in [1.807, 2.05) is 6.20 Å². The van der Waals surface area contributed by atoms with Crippen molar-refractivity contribution < 1.29 is 0 Å². The van der Waals surface area contributed by atoms with Gasteiger partial charge in [-0.1, -0.05) is 0 Å². The number of rotatable bonds is 2. The molecule has 66 valence electrons. The van der Waals surface area contributed by atoms with Gasteiger partial charge in [-0.3, -0.25) is 0 Å². The fourth-order valence-electron chi connectivity index (χ4n) is 1.54. The average Bonchev–Trinajstić information content (AvgIpc) is 2.75. The summed E-state index contributed by atoms with van der Waals surface area (Å²) in [6, 6.07) is 0.426. The van der Waals surface area contributed by atoms with Crippen LogP contribution >= 0.6 is 11.6 Å². The number of nitrogens with zero attached hydrogens (tertiary/aromatic N) is 2. The molecule has 0 amide bonds. The van der Waals surface area contributed by atoms with Crippen molar-refractivity contribution in [2.24, 2.45) is 0 Å². The van der Waals surface area contributed by atoms with Crippen molar-refractivity contribution in [2.45, 2.75) is 38.6 Å². The molecule has 1 saturated carbocycles. The van der Waals surface area contributed by atoms with Gasteiger partial charge in [-0.25, -0.2) is 4.98 Å². The van der Waals surface area contributed by atoms with Crippen molar-refractivity contribution in [3.8, 4) is 0 Å². The molecule has 2 nitrogen and oxygen atoms in total. The van der Waals surface area contributed by atoms with Gasteiger partial charge in [0.15, 0.2) is 0 Å².